The zero-order valence-corrected chi connectivity index (χ0v) is 17.9. The minimum absolute atomic E-state index is 0.0444. The van der Waals surface area contributed by atoms with Gasteiger partial charge in [0.05, 0.1) is 11.7 Å². The molecule has 0 N–H and O–H groups in total. The number of aryl methyl sites for hydroxylation is 2. The number of aromatic nitrogens is 2. The summed E-state index contributed by atoms with van der Waals surface area (Å²) < 4.78 is 28.7. The van der Waals surface area contributed by atoms with Crippen LogP contribution in [-0.2, 0) is 13.6 Å². The maximum Gasteiger partial charge on any atom is 0.131 e. The van der Waals surface area contributed by atoms with Gasteiger partial charge in [0.1, 0.15) is 16.8 Å². The molecular formula is C23H25ClF2N4. The predicted octanol–water partition coefficient (Wildman–Crippen LogP) is 4.57. The van der Waals surface area contributed by atoms with E-state index in [0.29, 0.717) is 5.15 Å². The molecule has 3 aromatic rings. The molecule has 1 aliphatic heterocycles. The van der Waals surface area contributed by atoms with Gasteiger partial charge in [-0.2, -0.15) is 5.10 Å². The third-order valence-corrected chi connectivity index (χ3v) is 6.27. The van der Waals surface area contributed by atoms with Gasteiger partial charge in [-0.05, 0) is 42.3 Å². The summed E-state index contributed by atoms with van der Waals surface area (Å²) in [6, 6.07) is 13.1. The Labute approximate surface area is 180 Å². The fraction of sp³-hybridized carbons (Fsp3) is 0.348. The first-order valence-corrected chi connectivity index (χ1v) is 10.5. The normalized spacial score (nSPS) is 15.8. The molecule has 4 nitrogen and oxygen atoms in total. The molecule has 0 radical (unpaired) electrons. The molecule has 1 fully saturated rings. The van der Waals surface area contributed by atoms with Crippen LogP contribution in [-0.4, -0.2) is 45.8 Å². The molecule has 7 heteroatoms. The van der Waals surface area contributed by atoms with Crippen LogP contribution in [0.3, 0.4) is 0 Å². The lowest BCUT2D eigenvalue weighted by Crippen LogP contribution is -2.47. The molecule has 1 aliphatic rings. The second kappa shape index (κ2) is 8.84. The van der Waals surface area contributed by atoms with E-state index < -0.39 is 0 Å². The molecule has 0 bridgehead atoms. The van der Waals surface area contributed by atoms with Crippen molar-refractivity contribution in [3.05, 3.63) is 87.7 Å². The third-order valence-electron chi connectivity index (χ3n) is 5.80. The molecule has 158 valence electrons. The average molecular weight is 431 g/mol. The van der Waals surface area contributed by atoms with Crippen LogP contribution in [0.4, 0.5) is 8.78 Å². The van der Waals surface area contributed by atoms with E-state index in [-0.39, 0.29) is 17.7 Å². The monoisotopic (exact) mass is 430 g/mol. The summed E-state index contributed by atoms with van der Waals surface area (Å²) in [4.78, 5) is 4.74. The van der Waals surface area contributed by atoms with Crippen LogP contribution in [0.15, 0.2) is 48.5 Å². The summed E-state index contributed by atoms with van der Waals surface area (Å²) >= 11 is 6.40. The van der Waals surface area contributed by atoms with Gasteiger partial charge in [0, 0.05) is 45.3 Å². The van der Waals surface area contributed by atoms with Crippen LogP contribution >= 0.6 is 11.6 Å². The summed E-state index contributed by atoms with van der Waals surface area (Å²) in [7, 11) is 1.85. The number of piperazine rings is 1. The highest BCUT2D eigenvalue weighted by Crippen LogP contribution is 2.30. The smallest absolute Gasteiger partial charge is 0.131 e. The summed E-state index contributed by atoms with van der Waals surface area (Å²) in [5.74, 6) is -0.518. The first kappa shape index (κ1) is 21.0. The molecule has 0 spiro atoms. The van der Waals surface area contributed by atoms with Crippen molar-refractivity contribution in [3.8, 4) is 0 Å². The Morgan fingerprint density at radius 1 is 0.900 bits per heavy atom. The summed E-state index contributed by atoms with van der Waals surface area (Å²) in [5, 5.41) is 5.08. The van der Waals surface area contributed by atoms with Gasteiger partial charge in [-0.25, -0.2) is 8.78 Å². The Morgan fingerprint density at radius 2 is 1.40 bits per heavy atom. The molecule has 4 rings (SSSR count). The van der Waals surface area contributed by atoms with E-state index in [1.54, 1.807) is 4.68 Å². The molecular weight excluding hydrogens is 406 g/mol. The molecule has 0 unspecified atom stereocenters. The van der Waals surface area contributed by atoms with Crippen LogP contribution in [0.1, 0.15) is 28.4 Å². The minimum atomic E-state index is -0.259. The van der Waals surface area contributed by atoms with Crippen molar-refractivity contribution in [2.75, 3.05) is 26.2 Å². The Morgan fingerprint density at radius 3 is 1.83 bits per heavy atom. The van der Waals surface area contributed by atoms with Crippen LogP contribution in [0.25, 0.3) is 0 Å². The summed E-state index contributed by atoms with van der Waals surface area (Å²) in [6.07, 6.45) is 0. The first-order valence-electron chi connectivity index (χ1n) is 10.1. The third kappa shape index (κ3) is 4.41. The number of hydrogen-bond donors (Lipinski definition) is 0. The Bertz CT molecular complexity index is 948. The number of hydrogen-bond acceptors (Lipinski definition) is 3. The Kier molecular flexibility index (Phi) is 6.18. The lowest BCUT2D eigenvalue weighted by Gasteiger charge is -2.39. The van der Waals surface area contributed by atoms with Gasteiger partial charge in [-0.3, -0.25) is 14.5 Å². The van der Waals surface area contributed by atoms with Gasteiger partial charge in [0.2, 0.25) is 0 Å². The van der Waals surface area contributed by atoms with Crippen molar-refractivity contribution in [3.63, 3.8) is 0 Å². The number of halogens is 3. The predicted molar refractivity (Wildman–Crippen MR) is 114 cm³/mol. The maximum atomic E-state index is 13.5. The first-order chi connectivity index (χ1) is 14.4. The van der Waals surface area contributed by atoms with Crippen molar-refractivity contribution in [2.45, 2.75) is 19.5 Å². The lowest BCUT2D eigenvalue weighted by atomic mass is 9.96. The van der Waals surface area contributed by atoms with E-state index in [4.69, 9.17) is 11.6 Å². The van der Waals surface area contributed by atoms with Crippen molar-refractivity contribution in [1.29, 1.82) is 0 Å². The van der Waals surface area contributed by atoms with Gasteiger partial charge < -0.3 is 0 Å². The van der Waals surface area contributed by atoms with E-state index in [1.165, 1.54) is 24.3 Å². The molecule has 2 aromatic carbocycles. The molecule has 2 heterocycles. The van der Waals surface area contributed by atoms with Crippen molar-refractivity contribution >= 4 is 11.6 Å². The molecule has 0 aliphatic carbocycles. The highest BCUT2D eigenvalue weighted by Gasteiger charge is 2.27. The molecule has 0 saturated carbocycles. The second-order valence-electron chi connectivity index (χ2n) is 7.80. The van der Waals surface area contributed by atoms with Crippen LogP contribution < -0.4 is 0 Å². The van der Waals surface area contributed by atoms with Crippen molar-refractivity contribution in [1.82, 2.24) is 19.6 Å². The highest BCUT2D eigenvalue weighted by atomic mass is 35.5. The van der Waals surface area contributed by atoms with E-state index in [0.717, 1.165) is 55.1 Å². The molecule has 0 atom stereocenters. The molecule has 1 saturated heterocycles. The standard InChI is InChI=1S/C23H25ClF2N4/c1-16-21(23(24)28(2)27-16)15-29-11-13-30(14-12-29)22(17-3-7-19(25)8-4-17)18-5-9-20(26)10-6-18/h3-10,22H,11-15H2,1-2H3. The van der Waals surface area contributed by atoms with E-state index >= 15 is 0 Å². The second-order valence-corrected chi connectivity index (χ2v) is 8.15. The minimum Gasteiger partial charge on any atom is -0.296 e. The van der Waals surface area contributed by atoms with E-state index in [1.807, 2.05) is 38.2 Å². The zero-order valence-electron chi connectivity index (χ0n) is 17.2. The highest BCUT2D eigenvalue weighted by molar-refractivity contribution is 6.30. The topological polar surface area (TPSA) is 24.3 Å². The molecule has 0 amide bonds. The number of benzene rings is 2. The largest absolute Gasteiger partial charge is 0.296 e. The van der Waals surface area contributed by atoms with Crippen molar-refractivity contribution < 1.29 is 8.78 Å². The summed E-state index contributed by atoms with van der Waals surface area (Å²) in [6.45, 7) is 6.19. The summed E-state index contributed by atoms with van der Waals surface area (Å²) in [5.41, 5.74) is 4.03. The molecule has 30 heavy (non-hydrogen) atoms. The van der Waals surface area contributed by atoms with E-state index in [2.05, 4.69) is 14.9 Å². The van der Waals surface area contributed by atoms with Gasteiger partial charge in [0.25, 0.3) is 0 Å². The maximum absolute atomic E-state index is 13.5. The van der Waals surface area contributed by atoms with Crippen molar-refractivity contribution in [2.24, 2.45) is 7.05 Å². The number of nitrogens with zero attached hydrogens (tertiary/aromatic N) is 4. The van der Waals surface area contributed by atoms with E-state index in [9.17, 15) is 8.78 Å². The Balaban J connectivity index is 1.51. The van der Waals surface area contributed by atoms with Crippen LogP contribution in [0.2, 0.25) is 5.15 Å². The van der Waals surface area contributed by atoms with Crippen LogP contribution in [0, 0.1) is 18.6 Å². The van der Waals surface area contributed by atoms with Crippen LogP contribution in [0.5, 0.6) is 0 Å². The van der Waals surface area contributed by atoms with Gasteiger partial charge in [-0.15, -0.1) is 0 Å². The molecule has 1 aromatic heterocycles. The fourth-order valence-electron chi connectivity index (χ4n) is 4.16. The van der Waals surface area contributed by atoms with Gasteiger partial charge >= 0.3 is 0 Å². The van der Waals surface area contributed by atoms with Gasteiger partial charge in [-0.1, -0.05) is 35.9 Å². The Hall–Kier alpha value is -2.28. The average Bonchev–Trinajstić information content (AvgIpc) is 2.98. The lowest BCUT2D eigenvalue weighted by molar-refractivity contribution is 0.104. The fourth-order valence-corrected chi connectivity index (χ4v) is 4.40. The zero-order chi connectivity index (χ0) is 21.3. The van der Waals surface area contributed by atoms with Gasteiger partial charge in [0.15, 0.2) is 0 Å². The quantitative estimate of drug-likeness (QED) is 0.592. The SMILES string of the molecule is Cc1nn(C)c(Cl)c1CN1CCN(C(c2ccc(F)cc2)c2ccc(F)cc2)CC1. The number of rotatable bonds is 5.